The van der Waals surface area contributed by atoms with E-state index in [0.717, 1.165) is 37.2 Å². The molecule has 120 valence electrons. The van der Waals surface area contributed by atoms with Crippen molar-refractivity contribution in [3.8, 4) is 0 Å². The van der Waals surface area contributed by atoms with E-state index in [2.05, 4.69) is 5.10 Å². The number of amides is 1. The molecule has 0 N–H and O–H groups in total. The molecule has 0 spiro atoms. The Bertz CT molecular complexity index is 723. The number of hydrogen-bond acceptors (Lipinski definition) is 2. The molecule has 0 radical (unpaired) electrons. The summed E-state index contributed by atoms with van der Waals surface area (Å²) >= 11 is 6.11. The number of aromatic nitrogens is 2. The highest BCUT2D eigenvalue weighted by Gasteiger charge is 2.25. The van der Waals surface area contributed by atoms with Crippen molar-refractivity contribution >= 4 is 23.6 Å². The first-order valence-corrected chi connectivity index (χ1v) is 8.22. The fraction of sp³-hybridized carbons (Fsp3) is 0.333. The number of likely N-dealkylation sites (tertiary alicyclic amines) is 1. The molecule has 1 fully saturated rings. The second-order valence-electron chi connectivity index (χ2n) is 5.89. The maximum atomic E-state index is 12.4. The molecule has 0 saturated carbocycles. The maximum Gasteiger partial charge on any atom is 0.246 e. The first-order valence-electron chi connectivity index (χ1n) is 7.84. The number of rotatable bonds is 3. The minimum atomic E-state index is 0.0329. The van der Waals surface area contributed by atoms with Gasteiger partial charge in [0.25, 0.3) is 0 Å². The second-order valence-corrected chi connectivity index (χ2v) is 6.30. The van der Waals surface area contributed by atoms with Crippen LogP contribution in [0.3, 0.4) is 0 Å². The lowest BCUT2D eigenvalue weighted by atomic mass is 9.95. The van der Waals surface area contributed by atoms with E-state index < -0.39 is 0 Å². The van der Waals surface area contributed by atoms with E-state index in [-0.39, 0.29) is 5.91 Å². The van der Waals surface area contributed by atoms with Gasteiger partial charge in [-0.2, -0.15) is 5.10 Å². The maximum absolute atomic E-state index is 12.4. The lowest BCUT2D eigenvalue weighted by Gasteiger charge is -2.31. The summed E-state index contributed by atoms with van der Waals surface area (Å²) in [7, 11) is 1.92. The zero-order valence-electron chi connectivity index (χ0n) is 13.2. The Hall–Kier alpha value is -2.07. The molecule has 1 amide bonds. The van der Waals surface area contributed by atoms with Crippen LogP contribution >= 0.6 is 11.6 Å². The van der Waals surface area contributed by atoms with Crippen LogP contribution in [0, 0.1) is 0 Å². The van der Waals surface area contributed by atoms with Crippen LogP contribution in [-0.2, 0) is 11.8 Å². The smallest absolute Gasteiger partial charge is 0.246 e. The molecule has 0 aliphatic carbocycles. The van der Waals surface area contributed by atoms with Gasteiger partial charge in [0.15, 0.2) is 0 Å². The highest BCUT2D eigenvalue weighted by molar-refractivity contribution is 6.32. The number of benzene rings is 1. The number of hydrogen-bond donors (Lipinski definition) is 0. The van der Waals surface area contributed by atoms with Crippen molar-refractivity contribution in [2.45, 2.75) is 18.8 Å². The zero-order valence-corrected chi connectivity index (χ0v) is 13.9. The minimum Gasteiger partial charge on any atom is -0.338 e. The summed E-state index contributed by atoms with van der Waals surface area (Å²) in [5.74, 6) is 0.355. The summed E-state index contributed by atoms with van der Waals surface area (Å²) in [6.07, 6.45) is 7.44. The molecular formula is C18H20ClN3O. The number of carbonyl (C=O) groups excluding carboxylic acids is 1. The average molecular weight is 330 g/mol. The van der Waals surface area contributed by atoms with Gasteiger partial charge in [-0.1, -0.05) is 29.8 Å². The normalized spacial score (nSPS) is 18.5. The second kappa shape index (κ2) is 7.01. The predicted molar refractivity (Wildman–Crippen MR) is 92.2 cm³/mol. The third kappa shape index (κ3) is 3.82. The summed E-state index contributed by atoms with van der Waals surface area (Å²) in [4.78, 5) is 14.3. The number of nitrogens with zero attached hydrogens (tertiary/aromatic N) is 3. The van der Waals surface area contributed by atoms with Crippen molar-refractivity contribution in [3.05, 3.63) is 58.9 Å². The zero-order chi connectivity index (χ0) is 16.2. The summed E-state index contributed by atoms with van der Waals surface area (Å²) in [6.45, 7) is 1.53. The van der Waals surface area contributed by atoms with Crippen LogP contribution in [0.25, 0.3) is 6.08 Å². The Morgan fingerprint density at radius 3 is 2.91 bits per heavy atom. The molecule has 23 heavy (non-hydrogen) atoms. The molecule has 2 heterocycles. The van der Waals surface area contributed by atoms with Gasteiger partial charge >= 0.3 is 0 Å². The molecule has 1 aliphatic heterocycles. The molecule has 1 aromatic carbocycles. The molecule has 1 unspecified atom stereocenters. The van der Waals surface area contributed by atoms with Crippen molar-refractivity contribution in [1.29, 1.82) is 0 Å². The van der Waals surface area contributed by atoms with Gasteiger partial charge in [0, 0.05) is 43.4 Å². The van der Waals surface area contributed by atoms with Gasteiger partial charge in [-0.15, -0.1) is 0 Å². The van der Waals surface area contributed by atoms with Gasteiger partial charge in [-0.3, -0.25) is 9.48 Å². The van der Waals surface area contributed by atoms with Crippen molar-refractivity contribution in [3.63, 3.8) is 0 Å². The van der Waals surface area contributed by atoms with Crippen molar-refractivity contribution < 1.29 is 4.79 Å². The number of carbonyl (C=O) groups is 1. The average Bonchev–Trinajstić information content (AvgIpc) is 3.00. The van der Waals surface area contributed by atoms with Crippen LogP contribution in [0.5, 0.6) is 0 Å². The molecule has 1 saturated heterocycles. The first-order chi connectivity index (χ1) is 11.1. The van der Waals surface area contributed by atoms with Gasteiger partial charge in [0.05, 0.1) is 5.69 Å². The lowest BCUT2D eigenvalue weighted by molar-refractivity contribution is -0.127. The van der Waals surface area contributed by atoms with Crippen LogP contribution in [0.1, 0.15) is 30.0 Å². The van der Waals surface area contributed by atoms with Crippen LogP contribution < -0.4 is 0 Å². The van der Waals surface area contributed by atoms with E-state index in [4.69, 9.17) is 11.6 Å². The van der Waals surface area contributed by atoms with Gasteiger partial charge in [-0.25, -0.2) is 0 Å². The first kappa shape index (κ1) is 15.8. The Morgan fingerprint density at radius 2 is 2.17 bits per heavy atom. The summed E-state index contributed by atoms with van der Waals surface area (Å²) in [6, 6.07) is 9.55. The fourth-order valence-corrected chi connectivity index (χ4v) is 3.14. The summed E-state index contributed by atoms with van der Waals surface area (Å²) in [5, 5.41) is 5.13. The number of piperidine rings is 1. The molecule has 0 bridgehead atoms. The van der Waals surface area contributed by atoms with Crippen LogP contribution in [0.15, 0.2) is 42.6 Å². The van der Waals surface area contributed by atoms with Crippen molar-refractivity contribution in [1.82, 2.24) is 14.7 Å². The standard InChI is InChI=1S/C18H20ClN3O/c1-21-12-10-17(20-21)15-6-4-11-22(13-15)18(23)9-8-14-5-2-3-7-16(14)19/h2-3,5,7-10,12,15H,4,6,11,13H2,1H3/b9-8+. The highest BCUT2D eigenvalue weighted by atomic mass is 35.5. The monoisotopic (exact) mass is 329 g/mol. The molecule has 1 aromatic heterocycles. The van der Waals surface area contributed by atoms with Crippen molar-refractivity contribution in [2.24, 2.45) is 7.05 Å². The number of aryl methyl sites for hydroxylation is 1. The van der Waals surface area contributed by atoms with E-state index >= 15 is 0 Å². The molecule has 4 nitrogen and oxygen atoms in total. The molecule has 5 heteroatoms. The van der Waals surface area contributed by atoms with Gasteiger partial charge in [-0.05, 0) is 36.6 Å². The third-order valence-electron chi connectivity index (χ3n) is 4.20. The molecule has 2 aromatic rings. The third-order valence-corrected chi connectivity index (χ3v) is 4.54. The molecular weight excluding hydrogens is 310 g/mol. The largest absolute Gasteiger partial charge is 0.338 e. The highest BCUT2D eigenvalue weighted by Crippen LogP contribution is 2.26. The molecule has 1 aliphatic rings. The van der Waals surface area contributed by atoms with Crippen LogP contribution in [0.2, 0.25) is 5.02 Å². The lowest BCUT2D eigenvalue weighted by Crippen LogP contribution is -2.38. The topological polar surface area (TPSA) is 38.1 Å². The Morgan fingerprint density at radius 1 is 1.35 bits per heavy atom. The quantitative estimate of drug-likeness (QED) is 0.808. The summed E-state index contributed by atoms with van der Waals surface area (Å²) < 4.78 is 1.81. The van der Waals surface area contributed by atoms with Crippen LogP contribution in [-0.4, -0.2) is 33.7 Å². The molecule has 1 atom stereocenters. The SMILES string of the molecule is Cn1ccc(C2CCCN(C(=O)/C=C/c3ccccc3Cl)C2)n1. The number of halogens is 1. The predicted octanol–water partition coefficient (Wildman–Crippen LogP) is 3.49. The minimum absolute atomic E-state index is 0.0329. The summed E-state index contributed by atoms with van der Waals surface area (Å²) in [5.41, 5.74) is 1.93. The Labute approximate surface area is 141 Å². The Kier molecular flexibility index (Phi) is 4.82. The van der Waals surface area contributed by atoms with E-state index in [1.807, 2.05) is 53.2 Å². The van der Waals surface area contributed by atoms with Gasteiger partial charge in [0.2, 0.25) is 5.91 Å². The van der Waals surface area contributed by atoms with Crippen LogP contribution in [0.4, 0.5) is 0 Å². The van der Waals surface area contributed by atoms with E-state index in [1.165, 1.54) is 0 Å². The van der Waals surface area contributed by atoms with E-state index in [9.17, 15) is 4.79 Å². The van der Waals surface area contributed by atoms with Gasteiger partial charge < -0.3 is 4.90 Å². The molecule has 3 rings (SSSR count). The fourth-order valence-electron chi connectivity index (χ4n) is 2.95. The van der Waals surface area contributed by atoms with Gasteiger partial charge in [0.1, 0.15) is 0 Å². The van der Waals surface area contributed by atoms with E-state index in [0.29, 0.717) is 10.9 Å². The Balaban J connectivity index is 1.66. The van der Waals surface area contributed by atoms with E-state index in [1.54, 1.807) is 12.2 Å². The van der Waals surface area contributed by atoms with Crippen molar-refractivity contribution in [2.75, 3.05) is 13.1 Å².